The van der Waals surface area contributed by atoms with Crippen molar-refractivity contribution in [2.75, 3.05) is 23.5 Å². The fourth-order valence-corrected chi connectivity index (χ4v) is 2.60. The van der Waals surface area contributed by atoms with Crippen LogP contribution >= 0.6 is 11.6 Å². The molecule has 0 radical (unpaired) electrons. The molecule has 1 heterocycles. The Labute approximate surface area is 165 Å². The Morgan fingerprint density at radius 3 is 2.57 bits per heavy atom. The molecule has 0 bridgehead atoms. The molecule has 3 rings (SSSR count). The van der Waals surface area contributed by atoms with Crippen LogP contribution in [0.25, 0.3) is 0 Å². The second-order valence-corrected chi connectivity index (χ2v) is 6.13. The highest BCUT2D eigenvalue weighted by Gasteiger charge is 2.24. The van der Waals surface area contributed by atoms with Crippen LogP contribution in [0.3, 0.4) is 0 Å². The van der Waals surface area contributed by atoms with Gasteiger partial charge in [-0.15, -0.1) is 0 Å². The largest absolute Gasteiger partial charge is 0.495 e. The van der Waals surface area contributed by atoms with E-state index in [1.165, 1.54) is 7.11 Å². The van der Waals surface area contributed by atoms with Crippen LogP contribution in [-0.4, -0.2) is 22.0 Å². The summed E-state index contributed by atoms with van der Waals surface area (Å²) >= 11 is 5.88. The average molecular weight is 401 g/mol. The molecule has 9 nitrogen and oxygen atoms in total. The van der Waals surface area contributed by atoms with Gasteiger partial charge in [0.15, 0.2) is 0 Å². The third kappa shape index (κ3) is 4.38. The number of benzene rings is 2. The van der Waals surface area contributed by atoms with E-state index in [1.54, 1.807) is 36.4 Å². The molecule has 0 saturated heterocycles. The van der Waals surface area contributed by atoms with E-state index in [0.717, 1.165) is 5.56 Å². The van der Waals surface area contributed by atoms with E-state index in [9.17, 15) is 10.1 Å². The van der Waals surface area contributed by atoms with Crippen molar-refractivity contribution in [3.05, 3.63) is 69.2 Å². The standard InChI is InChI=1S/C18H17ClN6O3/c1-28-14-5-3-2-4-13(14)22-17-15(25(26)27)16(20)23-18(24-17)21-10-11-6-8-12(19)9-7-11/h2-9H,10H2,1H3,(H4,20,21,22,23,24). The van der Waals surface area contributed by atoms with Crippen LogP contribution in [0.2, 0.25) is 5.02 Å². The summed E-state index contributed by atoms with van der Waals surface area (Å²) in [5, 5.41) is 18.0. The number of nitro groups is 1. The van der Waals surface area contributed by atoms with E-state index in [4.69, 9.17) is 22.1 Å². The highest BCUT2D eigenvalue weighted by atomic mass is 35.5. The number of ether oxygens (including phenoxy) is 1. The zero-order valence-electron chi connectivity index (χ0n) is 14.8. The van der Waals surface area contributed by atoms with Crippen LogP contribution in [-0.2, 0) is 6.54 Å². The summed E-state index contributed by atoms with van der Waals surface area (Å²) in [5.74, 6) is 0.358. The van der Waals surface area contributed by atoms with E-state index < -0.39 is 10.6 Å². The molecule has 10 heteroatoms. The first-order chi connectivity index (χ1) is 13.5. The van der Waals surface area contributed by atoms with Gasteiger partial charge in [-0.2, -0.15) is 9.97 Å². The zero-order chi connectivity index (χ0) is 20.1. The van der Waals surface area contributed by atoms with Gasteiger partial charge in [0.25, 0.3) is 0 Å². The average Bonchev–Trinajstić information content (AvgIpc) is 2.67. The van der Waals surface area contributed by atoms with Gasteiger partial charge in [0.05, 0.1) is 17.7 Å². The Bertz CT molecular complexity index is 997. The van der Waals surface area contributed by atoms with Crippen molar-refractivity contribution in [1.29, 1.82) is 0 Å². The lowest BCUT2D eigenvalue weighted by atomic mass is 10.2. The number of rotatable bonds is 7. The molecule has 0 aliphatic rings. The number of nitrogens with two attached hydrogens (primary N) is 1. The van der Waals surface area contributed by atoms with Gasteiger partial charge in [-0.1, -0.05) is 35.9 Å². The number of aromatic nitrogens is 2. The highest BCUT2D eigenvalue weighted by molar-refractivity contribution is 6.30. The molecule has 4 N–H and O–H groups in total. The van der Waals surface area contributed by atoms with Crippen molar-refractivity contribution in [3.63, 3.8) is 0 Å². The molecule has 2 aromatic carbocycles. The first kappa shape index (κ1) is 19.2. The molecule has 0 spiro atoms. The second-order valence-electron chi connectivity index (χ2n) is 5.69. The van der Waals surface area contributed by atoms with Gasteiger partial charge in [-0.3, -0.25) is 10.1 Å². The van der Waals surface area contributed by atoms with Crippen LogP contribution in [0.15, 0.2) is 48.5 Å². The van der Waals surface area contributed by atoms with Gasteiger partial charge in [0.1, 0.15) is 5.75 Å². The Kier molecular flexibility index (Phi) is 5.75. The minimum Gasteiger partial charge on any atom is -0.495 e. The van der Waals surface area contributed by atoms with Gasteiger partial charge in [0, 0.05) is 11.6 Å². The number of nitrogens with zero attached hydrogens (tertiary/aromatic N) is 3. The van der Waals surface area contributed by atoms with E-state index in [2.05, 4.69) is 20.6 Å². The monoisotopic (exact) mass is 400 g/mol. The summed E-state index contributed by atoms with van der Waals surface area (Å²) in [6.07, 6.45) is 0. The van der Waals surface area contributed by atoms with Crippen molar-refractivity contribution >= 4 is 40.6 Å². The maximum atomic E-state index is 11.5. The number of hydrogen-bond donors (Lipinski definition) is 3. The van der Waals surface area contributed by atoms with E-state index in [0.29, 0.717) is 23.0 Å². The molecule has 0 saturated carbocycles. The number of hydrogen-bond acceptors (Lipinski definition) is 8. The Morgan fingerprint density at radius 1 is 1.18 bits per heavy atom. The fourth-order valence-electron chi connectivity index (χ4n) is 2.48. The molecule has 1 aromatic heterocycles. The van der Waals surface area contributed by atoms with Gasteiger partial charge < -0.3 is 21.1 Å². The SMILES string of the molecule is COc1ccccc1Nc1nc(NCc2ccc(Cl)cc2)nc(N)c1[N+](=O)[O-]. The number of para-hydroxylation sites is 2. The predicted molar refractivity (Wildman–Crippen MR) is 108 cm³/mol. The number of methoxy groups -OCH3 is 1. The quantitative estimate of drug-likeness (QED) is 0.401. The summed E-state index contributed by atoms with van der Waals surface area (Å²) < 4.78 is 5.26. The molecule has 0 atom stereocenters. The summed E-state index contributed by atoms with van der Waals surface area (Å²) in [6.45, 7) is 0.391. The molecule has 0 amide bonds. The molecule has 144 valence electrons. The first-order valence-electron chi connectivity index (χ1n) is 8.18. The lowest BCUT2D eigenvalue weighted by Crippen LogP contribution is -2.10. The molecule has 0 unspecified atom stereocenters. The summed E-state index contributed by atoms with van der Waals surface area (Å²) in [4.78, 5) is 19.0. The van der Waals surface area contributed by atoms with Crippen molar-refractivity contribution < 1.29 is 9.66 Å². The molecule has 28 heavy (non-hydrogen) atoms. The van der Waals surface area contributed by atoms with E-state index >= 15 is 0 Å². The second kappa shape index (κ2) is 8.40. The predicted octanol–water partition coefficient (Wildman–Crippen LogP) is 3.98. The van der Waals surface area contributed by atoms with Crippen molar-refractivity contribution in [2.24, 2.45) is 0 Å². The summed E-state index contributed by atoms with van der Waals surface area (Å²) in [7, 11) is 1.50. The third-order valence-electron chi connectivity index (χ3n) is 3.82. The molecule has 3 aromatic rings. The topological polar surface area (TPSA) is 128 Å². The highest BCUT2D eigenvalue weighted by Crippen LogP contribution is 2.34. The van der Waals surface area contributed by atoms with Crippen molar-refractivity contribution in [3.8, 4) is 5.75 Å². The number of nitrogen functional groups attached to an aromatic ring is 1. The van der Waals surface area contributed by atoms with Gasteiger partial charge in [-0.25, -0.2) is 0 Å². The Balaban J connectivity index is 1.90. The minimum atomic E-state index is -0.629. The number of anilines is 4. The van der Waals surface area contributed by atoms with Crippen molar-refractivity contribution in [2.45, 2.75) is 6.54 Å². The molecule has 0 fully saturated rings. The fraction of sp³-hybridized carbons (Fsp3) is 0.111. The number of nitrogens with one attached hydrogen (secondary N) is 2. The van der Waals surface area contributed by atoms with Crippen molar-refractivity contribution in [1.82, 2.24) is 9.97 Å². The van der Waals surface area contributed by atoms with Crippen LogP contribution < -0.4 is 21.1 Å². The molecule has 0 aliphatic heterocycles. The lowest BCUT2D eigenvalue weighted by molar-refractivity contribution is -0.383. The smallest absolute Gasteiger partial charge is 0.353 e. The third-order valence-corrected chi connectivity index (χ3v) is 4.07. The first-order valence-corrected chi connectivity index (χ1v) is 8.56. The van der Waals surface area contributed by atoms with E-state index in [-0.39, 0.29) is 17.6 Å². The number of halogens is 1. The maximum Gasteiger partial charge on any atom is 0.353 e. The summed E-state index contributed by atoms with van der Waals surface area (Å²) in [5.41, 5.74) is 6.84. The Hall–Kier alpha value is -3.59. The van der Waals surface area contributed by atoms with Crippen LogP contribution in [0, 0.1) is 10.1 Å². The van der Waals surface area contributed by atoms with Gasteiger partial charge >= 0.3 is 5.69 Å². The maximum absolute atomic E-state index is 11.5. The summed E-state index contributed by atoms with van der Waals surface area (Å²) in [6, 6.07) is 14.2. The van der Waals surface area contributed by atoms with Crippen LogP contribution in [0.5, 0.6) is 5.75 Å². The lowest BCUT2D eigenvalue weighted by Gasteiger charge is -2.13. The van der Waals surface area contributed by atoms with Crippen LogP contribution in [0.4, 0.5) is 29.0 Å². The minimum absolute atomic E-state index is 0.0411. The van der Waals surface area contributed by atoms with Gasteiger partial charge in [-0.05, 0) is 29.8 Å². The van der Waals surface area contributed by atoms with E-state index in [1.807, 2.05) is 12.1 Å². The van der Waals surface area contributed by atoms with Crippen LogP contribution in [0.1, 0.15) is 5.56 Å². The normalized spacial score (nSPS) is 10.4. The Morgan fingerprint density at radius 2 is 1.89 bits per heavy atom. The molecular weight excluding hydrogens is 384 g/mol. The molecular formula is C18H17ClN6O3. The van der Waals surface area contributed by atoms with Gasteiger partial charge in [0.2, 0.25) is 17.6 Å². The zero-order valence-corrected chi connectivity index (χ0v) is 15.6. The molecule has 0 aliphatic carbocycles.